The molecule has 0 fully saturated rings. The van der Waals surface area contributed by atoms with Gasteiger partial charge in [-0.25, -0.2) is 0 Å². The Morgan fingerprint density at radius 3 is 2.60 bits per heavy atom. The number of halogens is 2. The van der Waals surface area contributed by atoms with Crippen LogP contribution < -0.4 is 4.74 Å². The van der Waals surface area contributed by atoms with Crippen molar-refractivity contribution in [1.29, 1.82) is 0 Å². The van der Waals surface area contributed by atoms with E-state index in [4.69, 9.17) is 0 Å². The molecular formula is C15H11F2NO2. The second kappa shape index (κ2) is 4.92. The summed E-state index contributed by atoms with van der Waals surface area (Å²) in [6, 6.07) is 9.82. The lowest BCUT2D eigenvalue weighted by Gasteiger charge is -2.04. The van der Waals surface area contributed by atoms with Crippen molar-refractivity contribution in [2.75, 3.05) is 0 Å². The SMILES string of the molecule is O=C1C(=Cc2ccc(OC(F)F)cc2)Cn2cccc21. The summed E-state index contributed by atoms with van der Waals surface area (Å²) in [5.41, 5.74) is 2.14. The quantitative estimate of drug-likeness (QED) is 0.804. The molecule has 0 atom stereocenters. The van der Waals surface area contributed by atoms with E-state index in [2.05, 4.69) is 4.74 Å². The molecule has 3 nitrogen and oxygen atoms in total. The molecule has 1 aliphatic heterocycles. The van der Waals surface area contributed by atoms with Crippen LogP contribution in [0.2, 0.25) is 0 Å². The number of Topliss-reactive ketones (excluding diaryl/α,β-unsaturated/α-hetero) is 1. The van der Waals surface area contributed by atoms with E-state index < -0.39 is 6.61 Å². The number of benzene rings is 1. The highest BCUT2D eigenvalue weighted by molar-refractivity contribution is 6.12. The topological polar surface area (TPSA) is 31.2 Å². The minimum Gasteiger partial charge on any atom is -0.435 e. The number of carbonyl (C=O) groups is 1. The van der Waals surface area contributed by atoms with Gasteiger partial charge in [0.1, 0.15) is 5.75 Å². The monoisotopic (exact) mass is 275 g/mol. The van der Waals surface area contributed by atoms with Crippen LogP contribution in [-0.4, -0.2) is 17.0 Å². The van der Waals surface area contributed by atoms with Gasteiger partial charge in [0.05, 0.1) is 12.2 Å². The maximum Gasteiger partial charge on any atom is 0.387 e. The highest BCUT2D eigenvalue weighted by Crippen LogP contribution is 2.23. The third kappa shape index (κ3) is 2.34. The summed E-state index contributed by atoms with van der Waals surface area (Å²) in [6.45, 7) is -2.29. The molecule has 5 heteroatoms. The Morgan fingerprint density at radius 1 is 1.20 bits per heavy atom. The van der Waals surface area contributed by atoms with Crippen LogP contribution in [0.1, 0.15) is 16.1 Å². The van der Waals surface area contributed by atoms with E-state index in [1.165, 1.54) is 12.1 Å². The molecule has 20 heavy (non-hydrogen) atoms. The molecule has 0 N–H and O–H groups in total. The summed E-state index contributed by atoms with van der Waals surface area (Å²) in [6.07, 6.45) is 3.62. The molecule has 0 aliphatic carbocycles. The standard InChI is InChI=1S/C15H11F2NO2/c16-15(17)20-12-5-3-10(4-6-12)8-11-9-18-7-1-2-13(18)14(11)19/h1-8,15H,9H2. The molecule has 0 amide bonds. The Morgan fingerprint density at radius 2 is 1.95 bits per heavy atom. The smallest absolute Gasteiger partial charge is 0.387 e. The van der Waals surface area contributed by atoms with Gasteiger partial charge in [-0.05, 0) is 35.9 Å². The van der Waals surface area contributed by atoms with Gasteiger partial charge in [0.2, 0.25) is 5.78 Å². The summed E-state index contributed by atoms with van der Waals surface area (Å²) in [5, 5.41) is 0. The molecule has 0 saturated heterocycles. The van der Waals surface area contributed by atoms with Gasteiger partial charge in [0.15, 0.2) is 0 Å². The number of carbonyl (C=O) groups excluding carboxylic acids is 1. The zero-order valence-electron chi connectivity index (χ0n) is 10.4. The number of rotatable bonds is 3. The molecule has 2 aromatic rings. The van der Waals surface area contributed by atoms with Gasteiger partial charge in [-0.2, -0.15) is 8.78 Å². The maximum absolute atomic E-state index is 12.1. The maximum atomic E-state index is 12.1. The van der Waals surface area contributed by atoms with Crippen LogP contribution in [-0.2, 0) is 6.54 Å². The second-order valence-electron chi connectivity index (χ2n) is 4.47. The van der Waals surface area contributed by atoms with Crippen molar-refractivity contribution in [2.45, 2.75) is 13.2 Å². The number of hydrogen-bond acceptors (Lipinski definition) is 2. The Bertz CT molecular complexity index is 671. The molecule has 0 bridgehead atoms. The first-order valence-electron chi connectivity index (χ1n) is 6.09. The molecule has 1 aliphatic rings. The molecule has 3 rings (SSSR count). The van der Waals surface area contributed by atoms with Crippen molar-refractivity contribution < 1.29 is 18.3 Å². The molecule has 0 saturated carbocycles. The summed E-state index contributed by atoms with van der Waals surface area (Å²) in [5.74, 6) is 0.106. The van der Waals surface area contributed by atoms with E-state index in [9.17, 15) is 13.6 Å². The number of nitrogens with zero attached hydrogens (tertiary/aromatic N) is 1. The summed E-state index contributed by atoms with van der Waals surface area (Å²) in [4.78, 5) is 12.1. The molecule has 0 radical (unpaired) electrons. The minimum atomic E-state index is -2.83. The van der Waals surface area contributed by atoms with Crippen LogP contribution in [0.15, 0.2) is 48.2 Å². The van der Waals surface area contributed by atoms with E-state index in [0.717, 1.165) is 5.56 Å². The van der Waals surface area contributed by atoms with Crippen molar-refractivity contribution in [2.24, 2.45) is 0 Å². The fourth-order valence-corrected chi connectivity index (χ4v) is 2.24. The van der Waals surface area contributed by atoms with Crippen molar-refractivity contribution in [1.82, 2.24) is 4.57 Å². The van der Waals surface area contributed by atoms with Crippen molar-refractivity contribution >= 4 is 11.9 Å². The first kappa shape index (κ1) is 12.6. The highest BCUT2D eigenvalue weighted by Gasteiger charge is 2.23. The first-order chi connectivity index (χ1) is 9.63. The van der Waals surface area contributed by atoms with Crippen molar-refractivity contribution in [3.8, 4) is 5.75 Å². The molecule has 0 unspecified atom stereocenters. The average Bonchev–Trinajstić information content (AvgIpc) is 2.96. The number of ketones is 1. The molecule has 2 heterocycles. The van der Waals surface area contributed by atoms with Crippen LogP contribution >= 0.6 is 0 Å². The van der Waals surface area contributed by atoms with Crippen LogP contribution in [0.3, 0.4) is 0 Å². The Hall–Kier alpha value is -2.43. The molecule has 102 valence electrons. The van der Waals surface area contributed by atoms with Gasteiger partial charge in [0, 0.05) is 11.8 Å². The third-order valence-corrected chi connectivity index (χ3v) is 3.14. The van der Waals surface area contributed by atoms with Gasteiger partial charge in [-0.1, -0.05) is 12.1 Å². The zero-order valence-corrected chi connectivity index (χ0v) is 10.4. The summed E-state index contributed by atoms with van der Waals surface area (Å²) < 4.78 is 30.2. The largest absolute Gasteiger partial charge is 0.435 e. The van der Waals surface area contributed by atoms with Crippen LogP contribution in [0, 0.1) is 0 Å². The Labute approximate surface area is 114 Å². The second-order valence-corrected chi connectivity index (χ2v) is 4.47. The van der Waals surface area contributed by atoms with Crippen molar-refractivity contribution in [3.63, 3.8) is 0 Å². The first-order valence-corrected chi connectivity index (χ1v) is 6.09. The van der Waals surface area contributed by atoms with Crippen LogP contribution in [0.4, 0.5) is 8.78 Å². The van der Waals surface area contributed by atoms with Crippen LogP contribution in [0.5, 0.6) is 5.75 Å². The van der Waals surface area contributed by atoms with E-state index in [1.54, 1.807) is 24.3 Å². The fourth-order valence-electron chi connectivity index (χ4n) is 2.24. The average molecular weight is 275 g/mol. The van der Waals surface area contributed by atoms with Crippen LogP contribution in [0.25, 0.3) is 6.08 Å². The predicted molar refractivity (Wildman–Crippen MR) is 69.8 cm³/mol. The number of ether oxygens (including phenoxy) is 1. The van der Waals surface area contributed by atoms with Gasteiger partial charge in [-0.3, -0.25) is 4.79 Å². The fraction of sp³-hybridized carbons (Fsp3) is 0.133. The molecule has 1 aromatic carbocycles. The predicted octanol–water partition coefficient (Wildman–Crippen LogP) is 3.37. The lowest BCUT2D eigenvalue weighted by molar-refractivity contribution is -0.0498. The minimum absolute atomic E-state index is 0.00269. The van der Waals surface area contributed by atoms with E-state index in [0.29, 0.717) is 17.8 Å². The summed E-state index contributed by atoms with van der Waals surface area (Å²) in [7, 11) is 0. The normalized spacial score (nSPS) is 15.9. The zero-order chi connectivity index (χ0) is 14.1. The number of fused-ring (bicyclic) bond motifs is 1. The number of hydrogen-bond donors (Lipinski definition) is 0. The van der Waals surface area contributed by atoms with Gasteiger partial charge in [0.25, 0.3) is 0 Å². The third-order valence-electron chi connectivity index (χ3n) is 3.14. The van der Waals surface area contributed by atoms with E-state index in [1.807, 2.05) is 16.8 Å². The Kier molecular flexibility index (Phi) is 3.10. The number of alkyl halides is 2. The van der Waals surface area contributed by atoms with E-state index >= 15 is 0 Å². The molecule has 0 spiro atoms. The van der Waals surface area contributed by atoms with Gasteiger partial charge < -0.3 is 9.30 Å². The molecule has 1 aromatic heterocycles. The molecular weight excluding hydrogens is 264 g/mol. The number of aromatic nitrogens is 1. The van der Waals surface area contributed by atoms with Gasteiger partial charge >= 0.3 is 6.61 Å². The van der Waals surface area contributed by atoms with Crippen molar-refractivity contribution in [3.05, 3.63) is 59.4 Å². The van der Waals surface area contributed by atoms with E-state index in [-0.39, 0.29) is 11.5 Å². The van der Waals surface area contributed by atoms with Gasteiger partial charge in [-0.15, -0.1) is 0 Å². The highest BCUT2D eigenvalue weighted by atomic mass is 19.3. The number of allylic oxidation sites excluding steroid dienone is 1. The summed E-state index contributed by atoms with van der Waals surface area (Å²) >= 11 is 0. The Balaban J connectivity index is 1.80. The lowest BCUT2D eigenvalue weighted by atomic mass is 10.1. The lowest BCUT2D eigenvalue weighted by Crippen LogP contribution is -2.01.